The van der Waals surface area contributed by atoms with Crippen LogP contribution in [-0.2, 0) is 4.79 Å². The highest BCUT2D eigenvalue weighted by atomic mass is 35.5. The molecule has 1 unspecified atom stereocenters. The molecule has 0 aliphatic carbocycles. The van der Waals surface area contributed by atoms with Gasteiger partial charge in [0.15, 0.2) is 0 Å². The van der Waals surface area contributed by atoms with Crippen LogP contribution in [-0.4, -0.2) is 17.0 Å². The van der Waals surface area contributed by atoms with Gasteiger partial charge in [0.2, 0.25) is 0 Å². The van der Waals surface area contributed by atoms with Crippen LogP contribution in [0.2, 0.25) is 5.02 Å². The van der Waals surface area contributed by atoms with Gasteiger partial charge in [-0.1, -0.05) is 18.5 Å². The average Bonchev–Trinajstić information content (AvgIpc) is 2.37. The van der Waals surface area contributed by atoms with Crippen molar-refractivity contribution in [1.29, 1.82) is 0 Å². The number of hydrogen-bond acceptors (Lipinski definition) is 3. The third-order valence-electron chi connectivity index (χ3n) is 4.42. The van der Waals surface area contributed by atoms with Crippen LogP contribution in [0.15, 0.2) is 18.2 Å². The van der Waals surface area contributed by atoms with Crippen molar-refractivity contribution in [3.63, 3.8) is 0 Å². The monoisotopic (exact) mass is 309 g/mol. The first kappa shape index (κ1) is 16.1. The first-order chi connectivity index (χ1) is 9.61. The number of fused-ring (bicyclic) bond motifs is 1. The number of nitrogens with one attached hydrogen (secondary N) is 1. The minimum atomic E-state index is -0.749. The Morgan fingerprint density at radius 3 is 2.67 bits per heavy atom. The number of hydrazine groups is 1. The zero-order valence-electron chi connectivity index (χ0n) is 13.3. The van der Waals surface area contributed by atoms with E-state index in [1.807, 2.05) is 32.0 Å². The lowest BCUT2D eigenvalue weighted by Crippen LogP contribution is -2.65. The van der Waals surface area contributed by atoms with Crippen molar-refractivity contribution < 1.29 is 4.79 Å². The summed E-state index contributed by atoms with van der Waals surface area (Å²) in [5.41, 5.74) is 3.61. The molecule has 3 N–H and O–H groups in total. The fraction of sp³-hybridized carbons (Fsp3) is 0.562. The van der Waals surface area contributed by atoms with Crippen LogP contribution in [0.25, 0.3) is 0 Å². The fourth-order valence-corrected chi connectivity index (χ4v) is 3.92. The van der Waals surface area contributed by atoms with Crippen molar-refractivity contribution in [2.75, 3.05) is 4.90 Å². The molecule has 0 radical (unpaired) electrons. The lowest BCUT2D eigenvalue weighted by atomic mass is 9.77. The fourth-order valence-electron chi connectivity index (χ4n) is 3.74. The number of benzene rings is 1. The highest BCUT2D eigenvalue weighted by Gasteiger charge is 2.46. The summed E-state index contributed by atoms with van der Waals surface area (Å²) in [6.07, 6.45) is 0.946. The van der Waals surface area contributed by atoms with E-state index in [-0.39, 0.29) is 11.4 Å². The summed E-state index contributed by atoms with van der Waals surface area (Å²) in [6.45, 7) is 10.3. The predicted molar refractivity (Wildman–Crippen MR) is 87.5 cm³/mol. The van der Waals surface area contributed by atoms with E-state index >= 15 is 0 Å². The molecule has 0 spiro atoms. The first-order valence-corrected chi connectivity index (χ1v) is 7.60. The molecule has 0 saturated carbocycles. The van der Waals surface area contributed by atoms with Crippen molar-refractivity contribution in [2.45, 2.75) is 58.0 Å². The van der Waals surface area contributed by atoms with E-state index in [9.17, 15) is 4.79 Å². The number of hydrogen-bond donors (Lipinski definition) is 2. The van der Waals surface area contributed by atoms with E-state index in [2.05, 4.69) is 31.1 Å². The third kappa shape index (κ3) is 2.62. The third-order valence-corrected chi connectivity index (χ3v) is 4.65. The summed E-state index contributed by atoms with van der Waals surface area (Å²) in [4.78, 5) is 14.4. The van der Waals surface area contributed by atoms with Crippen molar-refractivity contribution in [1.82, 2.24) is 5.43 Å². The number of nitrogens with zero attached hydrogens (tertiary/aromatic N) is 1. The molecule has 116 valence electrons. The number of amides is 1. The molecule has 0 bridgehead atoms. The van der Waals surface area contributed by atoms with Crippen LogP contribution >= 0.6 is 11.6 Å². The van der Waals surface area contributed by atoms with E-state index in [0.717, 1.165) is 17.1 Å². The summed E-state index contributed by atoms with van der Waals surface area (Å²) in [5.74, 6) is 5.57. The van der Waals surface area contributed by atoms with Gasteiger partial charge in [-0.3, -0.25) is 10.2 Å². The summed E-state index contributed by atoms with van der Waals surface area (Å²) >= 11 is 6.15. The van der Waals surface area contributed by atoms with Crippen molar-refractivity contribution in [3.05, 3.63) is 28.8 Å². The molecule has 0 saturated heterocycles. The van der Waals surface area contributed by atoms with Gasteiger partial charge in [0.25, 0.3) is 5.91 Å². The highest BCUT2D eigenvalue weighted by molar-refractivity contribution is 6.30. The van der Waals surface area contributed by atoms with Gasteiger partial charge in [-0.05, 0) is 63.8 Å². The number of nitrogens with two attached hydrogens (primary N) is 1. The summed E-state index contributed by atoms with van der Waals surface area (Å²) in [6, 6.07) is 5.87. The van der Waals surface area contributed by atoms with Crippen LogP contribution in [0, 0.1) is 0 Å². The Labute approximate surface area is 131 Å². The smallest absolute Gasteiger partial charge is 0.259 e. The normalized spacial score (nSPS) is 20.9. The van der Waals surface area contributed by atoms with Crippen molar-refractivity contribution >= 4 is 23.2 Å². The maximum Gasteiger partial charge on any atom is 0.259 e. The summed E-state index contributed by atoms with van der Waals surface area (Å²) < 4.78 is 0. The highest BCUT2D eigenvalue weighted by Crippen LogP contribution is 2.47. The Bertz CT molecular complexity index is 569. The van der Waals surface area contributed by atoms with E-state index in [1.54, 1.807) is 0 Å². The van der Waals surface area contributed by atoms with Gasteiger partial charge in [0, 0.05) is 16.2 Å². The van der Waals surface area contributed by atoms with Crippen molar-refractivity contribution in [2.24, 2.45) is 5.84 Å². The summed E-state index contributed by atoms with van der Waals surface area (Å²) in [5, 5.41) is 0.723. The first-order valence-electron chi connectivity index (χ1n) is 7.22. The number of anilines is 1. The molecule has 1 heterocycles. The lowest BCUT2D eigenvalue weighted by Gasteiger charge is -2.54. The quantitative estimate of drug-likeness (QED) is 0.501. The van der Waals surface area contributed by atoms with Gasteiger partial charge in [-0.25, -0.2) is 5.84 Å². The van der Waals surface area contributed by atoms with E-state index in [4.69, 9.17) is 17.4 Å². The minimum Gasteiger partial charge on any atom is -0.352 e. The van der Waals surface area contributed by atoms with Gasteiger partial charge in [0.1, 0.15) is 5.54 Å². The molecule has 1 aliphatic heterocycles. The number of rotatable bonds is 2. The van der Waals surface area contributed by atoms with Gasteiger partial charge in [-0.15, -0.1) is 0 Å². The van der Waals surface area contributed by atoms with Gasteiger partial charge in [-0.2, -0.15) is 0 Å². The molecule has 1 amide bonds. The maximum atomic E-state index is 12.3. The Hall–Kier alpha value is -1.26. The molecule has 4 nitrogen and oxygen atoms in total. The zero-order chi connectivity index (χ0) is 16.0. The van der Waals surface area contributed by atoms with Crippen LogP contribution in [0.4, 0.5) is 5.69 Å². The van der Waals surface area contributed by atoms with E-state index in [0.29, 0.717) is 5.92 Å². The molecule has 21 heavy (non-hydrogen) atoms. The van der Waals surface area contributed by atoms with Gasteiger partial charge < -0.3 is 4.90 Å². The van der Waals surface area contributed by atoms with Crippen LogP contribution < -0.4 is 16.2 Å². The minimum absolute atomic E-state index is 0.156. The number of halogens is 1. The lowest BCUT2D eigenvalue weighted by molar-refractivity contribution is -0.126. The Balaban J connectivity index is 2.63. The van der Waals surface area contributed by atoms with Crippen molar-refractivity contribution in [3.8, 4) is 0 Å². The second-order valence-corrected chi connectivity index (χ2v) is 7.43. The Morgan fingerprint density at radius 1 is 1.48 bits per heavy atom. The van der Waals surface area contributed by atoms with E-state index in [1.165, 1.54) is 5.56 Å². The number of carbonyl (C=O) groups is 1. The molecule has 0 fully saturated rings. The molecule has 5 heteroatoms. The van der Waals surface area contributed by atoms with Gasteiger partial charge >= 0.3 is 0 Å². The number of carbonyl (C=O) groups excluding carboxylic acids is 1. The van der Waals surface area contributed by atoms with Crippen LogP contribution in [0.1, 0.15) is 52.5 Å². The van der Waals surface area contributed by atoms with E-state index < -0.39 is 5.54 Å². The molecule has 0 aromatic heterocycles. The molecular formula is C16H24ClN3O. The molecule has 1 aliphatic rings. The average molecular weight is 310 g/mol. The Kier molecular flexibility index (Phi) is 3.98. The second kappa shape index (κ2) is 5.18. The zero-order valence-corrected chi connectivity index (χ0v) is 14.1. The Morgan fingerprint density at radius 2 is 2.10 bits per heavy atom. The largest absolute Gasteiger partial charge is 0.352 e. The molecule has 1 aromatic carbocycles. The second-order valence-electron chi connectivity index (χ2n) is 6.99. The molecule has 1 atom stereocenters. The topological polar surface area (TPSA) is 58.4 Å². The standard InChI is InChI=1S/C16H24ClN3O/c1-10-9-15(2,3)20(16(4,5)14(21)19-18)13-7-6-11(17)8-12(10)13/h6-8,10H,9,18H2,1-5H3,(H,19,21). The molecular weight excluding hydrogens is 286 g/mol. The van der Waals surface area contributed by atoms with Gasteiger partial charge in [0.05, 0.1) is 0 Å². The van der Waals surface area contributed by atoms with Crippen LogP contribution in [0.5, 0.6) is 0 Å². The summed E-state index contributed by atoms with van der Waals surface area (Å²) in [7, 11) is 0. The predicted octanol–water partition coefficient (Wildman–Crippen LogP) is 3.20. The molecule has 1 aromatic rings. The molecule has 2 rings (SSSR count). The van der Waals surface area contributed by atoms with Crippen LogP contribution in [0.3, 0.4) is 0 Å². The maximum absolute atomic E-state index is 12.3. The SMILES string of the molecule is CC1CC(C)(C)N(C(C)(C)C(=O)NN)c2ccc(Cl)cc21.